The summed E-state index contributed by atoms with van der Waals surface area (Å²) < 4.78 is 127. The van der Waals surface area contributed by atoms with Crippen LogP contribution in [0, 0.1) is 11.3 Å². The summed E-state index contributed by atoms with van der Waals surface area (Å²) in [7, 11) is 0.851. The fourth-order valence-electron chi connectivity index (χ4n) is 3.58. The monoisotopic (exact) mass is 616 g/mol. The molecule has 1 aliphatic rings. The van der Waals surface area contributed by atoms with E-state index < -0.39 is 53.7 Å². The maximum Gasteiger partial charge on any atom is 0.525 e. The fraction of sp³-hybridized carbons (Fsp3) is 0.364. The SMILES string of the molecule is Cn1nc(OC(F)(F)C(F)OC(F)(F)F)c(C(F)(F)F)c1-n1cc(-c2ccc(Cl)c(C(=O)NC3(C#N)CC3)c2)cn1. The number of ether oxygens (including phenoxy) is 2. The number of rotatable bonds is 8. The van der Waals surface area contributed by atoms with Crippen LogP contribution in [0.3, 0.4) is 0 Å². The van der Waals surface area contributed by atoms with E-state index in [1.54, 1.807) is 0 Å². The number of alkyl halides is 9. The molecule has 4 rings (SSSR count). The minimum Gasteiger partial charge on any atom is -0.408 e. The van der Waals surface area contributed by atoms with Gasteiger partial charge in [-0.2, -0.15) is 32.3 Å². The summed E-state index contributed by atoms with van der Waals surface area (Å²) in [5.74, 6) is -3.67. The van der Waals surface area contributed by atoms with Gasteiger partial charge in [0, 0.05) is 18.8 Å². The number of nitrogens with zero attached hydrogens (tertiary/aromatic N) is 5. The first kappa shape index (κ1) is 30.0. The van der Waals surface area contributed by atoms with Gasteiger partial charge in [0.05, 0.1) is 22.9 Å². The molecule has 3 aromatic rings. The second-order valence-corrected chi connectivity index (χ2v) is 9.09. The zero-order valence-electron chi connectivity index (χ0n) is 20.1. The van der Waals surface area contributed by atoms with Crippen molar-refractivity contribution in [1.82, 2.24) is 24.9 Å². The highest BCUT2D eigenvalue weighted by Crippen LogP contribution is 2.43. The number of hydrogen-bond acceptors (Lipinski definition) is 6. The van der Waals surface area contributed by atoms with Crippen molar-refractivity contribution >= 4 is 17.5 Å². The number of nitrogens with one attached hydrogen (secondary N) is 1. The van der Waals surface area contributed by atoms with Gasteiger partial charge >= 0.3 is 25.0 Å². The third-order valence-corrected chi connectivity index (χ3v) is 5.99. The van der Waals surface area contributed by atoms with Crippen molar-refractivity contribution < 1.29 is 53.8 Å². The van der Waals surface area contributed by atoms with Gasteiger partial charge in [-0.25, -0.2) is 18.5 Å². The Morgan fingerprint density at radius 1 is 1.17 bits per heavy atom. The number of aryl methyl sites for hydroxylation is 1. The molecule has 1 saturated carbocycles. The number of halogens is 10. The van der Waals surface area contributed by atoms with Crippen LogP contribution in [0.25, 0.3) is 16.9 Å². The molecule has 220 valence electrons. The summed E-state index contributed by atoms with van der Waals surface area (Å²) >= 11 is 6.10. The highest BCUT2D eigenvalue weighted by Gasteiger charge is 2.53. The Kier molecular flexibility index (Phi) is 7.41. The van der Waals surface area contributed by atoms with Crippen LogP contribution in [0.1, 0.15) is 28.8 Å². The lowest BCUT2D eigenvalue weighted by Crippen LogP contribution is -2.41. The molecular weight excluding hydrogens is 603 g/mol. The molecule has 1 atom stereocenters. The second kappa shape index (κ2) is 10.1. The van der Waals surface area contributed by atoms with E-state index in [-0.39, 0.29) is 21.7 Å². The van der Waals surface area contributed by atoms with Crippen LogP contribution in [0.4, 0.5) is 39.5 Å². The Hall–Kier alpha value is -3.98. The van der Waals surface area contributed by atoms with E-state index in [1.165, 1.54) is 18.2 Å². The second-order valence-electron chi connectivity index (χ2n) is 8.68. The minimum absolute atomic E-state index is 0.00163. The summed E-state index contributed by atoms with van der Waals surface area (Å²) in [6.07, 6.45) is -18.6. The molecule has 0 radical (unpaired) electrons. The van der Waals surface area contributed by atoms with E-state index in [1.807, 2.05) is 6.07 Å². The smallest absolute Gasteiger partial charge is 0.408 e. The van der Waals surface area contributed by atoms with Crippen LogP contribution in [-0.4, -0.2) is 49.8 Å². The molecule has 0 bridgehead atoms. The van der Waals surface area contributed by atoms with Crippen LogP contribution in [0.15, 0.2) is 30.6 Å². The van der Waals surface area contributed by atoms with Gasteiger partial charge in [0.15, 0.2) is 11.4 Å². The molecule has 1 N–H and O–H groups in total. The summed E-state index contributed by atoms with van der Waals surface area (Å²) in [5, 5.41) is 18.6. The van der Waals surface area contributed by atoms with E-state index >= 15 is 0 Å². The van der Waals surface area contributed by atoms with Crippen molar-refractivity contribution in [2.45, 2.75) is 43.4 Å². The fourth-order valence-corrected chi connectivity index (χ4v) is 3.78. The lowest BCUT2D eigenvalue weighted by molar-refractivity contribution is -0.411. The molecule has 0 spiro atoms. The molecule has 1 aliphatic carbocycles. The van der Waals surface area contributed by atoms with Crippen molar-refractivity contribution in [3.05, 3.63) is 46.7 Å². The van der Waals surface area contributed by atoms with E-state index in [2.05, 4.69) is 25.0 Å². The number of nitriles is 1. The van der Waals surface area contributed by atoms with Crippen LogP contribution in [-0.2, 0) is 18.0 Å². The first-order chi connectivity index (χ1) is 18.9. The predicted octanol–water partition coefficient (Wildman–Crippen LogP) is 5.53. The van der Waals surface area contributed by atoms with Crippen molar-refractivity contribution in [3.63, 3.8) is 0 Å². The number of carbonyl (C=O) groups excluding carboxylic acids is 1. The molecule has 1 fully saturated rings. The Morgan fingerprint density at radius 2 is 1.83 bits per heavy atom. The molecule has 0 saturated heterocycles. The summed E-state index contributed by atoms with van der Waals surface area (Å²) in [6, 6.07) is 5.95. The van der Waals surface area contributed by atoms with E-state index in [9.17, 15) is 49.6 Å². The molecular formula is C22H14ClF9N6O3. The van der Waals surface area contributed by atoms with Gasteiger partial charge in [-0.15, -0.1) is 18.3 Å². The van der Waals surface area contributed by atoms with Crippen molar-refractivity contribution in [2.75, 3.05) is 0 Å². The largest absolute Gasteiger partial charge is 0.525 e. The Balaban J connectivity index is 1.68. The predicted molar refractivity (Wildman–Crippen MR) is 118 cm³/mol. The molecule has 2 heterocycles. The lowest BCUT2D eigenvalue weighted by Gasteiger charge is -2.21. The standard InChI is InChI=1S/C22H14ClF9N6O3/c1-37-17(14(20(25,26)27)16(36-37)40-21(28,29)18(24)41-22(30,31)32)38-8-11(7-34-38)10-2-3-13(23)12(6-10)15(39)35-19(9-33)4-5-19/h2-3,6-8,18H,4-5H2,1H3,(H,35,39). The maximum atomic E-state index is 13.9. The highest BCUT2D eigenvalue weighted by atomic mass is 35.5. The summed E-state index contributed by atoms with van der Waals surface area (Å²) in [5.41, 5.74) is -2.78. The number of amides is 1. The van der Waals surface area contributed by atoms with Crippen LogP contribution in [0.2, 0.25) is 5.02 Å². The number of aromatic nitrogens is 4. The van der Waals surface area contributed by atoms with E-state index in [0.717, 1.165) is 19.4 Å². The lowest BCUT2D eigenvalue weighted by atomic mass is 10.1. The van der Waals surface area contributed by atoms with Crippen LogP contribution >= 0.6 is 11.6 Å². The zero-order valence-corrected chi connectivity index (χ0v) is 20.9. The summed E-state index contributed by atoms with van der Waals surface area (Å²) in [6.45, 7) is 0. The summed E-state index contributed by atoms with van der Waals surface area (Å²) in [4.78, 5) is 12.7. The average Bonchev–Trinajstić information content (AvgIpc) is 3.29. The molecule has 41 heavy (non-hydrogen) atoms. The zero-order chi connectivity index (χ0) is 30.5. The van der Waals surface area contributed by atoms with Gasteiger partial charge in [-0.1, -0.05) is 17.7 Å². The van der Waals surface area contributed by atoms with Crippen LogP contribution in [0.5, 0.6) is 5.88 Å². The van der Waals surface area contributed by atoms with Crippen molar-refractivity contribution in [1.29, 1.82) is 5.26 Å². The molecule has 19 heteroatoms. The molecule has 9 nitrogen and oxygen atoms in total. The molecule has 1 amide bonds. The van der Waals surface area contributed by atoms with Gasteiger partial charge in [-0.3, -0.25) is 4.79 Å². The quantitative estimate of drug-likeness (QED) is 0.334. The van der Waals surface area contributed by atoms with Gasteiger partial charge < -0.3 is 10.1 Å². The Labute approximate surface area is 228 Å². The van der Waals surface area contributed by atoms with Crippen LogP contribution < -0.4 is 10.1 Å². The molecule has 2 aromatic heterocycles. The normalized spacial score (nSPS) is 15.8. The number of hydrogen-bond donors (Lipinski definition) is 1. The average molecular weight is 617 g/mol. The van der Waals surface area contributed by atoms with Gasteiger partial charge in [0.2, 0.25) is 0 Å². The third kappa shape index (κ3) is 6.35. The van der Waals surface area contributed by atoms with Crippen molar-refractivity contribution in [3.8, 4) is 28.9 Å². The molecule has 0 aliphatic heterocycles. The van der Waals surface area contributed by atoms with Gasteiger partial charge in [0.25, 0.3) is 11.8 Å². The van der Waals surface area contributed by atoms with Gasteiger partial charge in [-0.05, 0) is 30.5 Å². The third-order valence-electron chi connectivity index (χ3n) is 5.66. The molecule has 1 aromatic carbocycles. The minimum atomic E-state index is -5.89. The first-order valence-corrected chi connectivity index (χ1v) is 11.4. The van der Waals surface area contributed by atoms with E-state index in [4.69, 9.17) is 11.6 Å². The van der Waals surface area contributed by atoms with Crippen molar-refractivity contribution in [2.24, 2.45) is 7.05 Å². The first-order valence-electron chi connectivity index (χ1n) is 11.0. The number of carbonyl (C=O) groups is 1. The Morgan fingerprint density at radius 3 is 2.39 bits per heavy atom. The highest BCUT2D eigenvalue weighted by molar-refractivity contribution is 6.34. The van der Waals surface area contributed by atoms with E-state index in [0.29, 0.717) is 22.2 Å². The number of benzene rings is 1. The maximum absolute atomic E-state index is 13.9. The topological polar surface area (TPSA) is 107 Å². The van der Waals surface area contributed by atoms with Gasteiger partial charge in [0.1, 0.15) is 5.54 Å². The molecule has 1 unspecified atom stereocenters. The Bertz CT molecular complexity index is 1520.